The largest absolute Gasteiger partial charge is 0.444 e. The Morgan fingerprint density at radius 1 is 1.17 bits per heavy atom. The fraction of sp³-hybridized carbons (Fsp3) is 0.111. The maximum Gasteiger partial charge on any atom is 0.444 e. The second-order valence-corrected chi connectivity index (χ2v) is 3.20. The first-order chi connectivity index (χ1) is 8.38. The van der Waals surface area contributed by atoms with Gasteiger partial charge in [0, 0.05) is 0 Å². The van der Waals surface area contributed by atoms with Crippen LogP contribution in [0.25, 0.3) is 0 Å². The summed E-state index contributed by atoms with van der Waals surface area (Å²) >= 11 is 0. The normalized spacial score (nSPS) is 16.3. The number of anilines is 1. The Kier molecular flexibility index (Phi) is 2.83. The summed E-state index contributed by atoms with van der Waals surface area (Å²) in [6, 6.07) is 3.92. The number of nitrogens with one attached hydrogen (secondary N) is 1. The molecular weight excluding hydrogens is 257 g/mol. The van der Waals surface area contributed by atoms with Crippen LogP contribution in [-0.4, -0.2) is 11.9 Å². The molecule has 18 heavy (non-hydrogen) atoms. The van der Waals surface area contributed by atoms with Gasteiger partial charge in [0.1, 0.15) is 0 Å². The average Bonchev–Trinajstić information content (AvgIpc) is 2.32. The van der Waals surface area contributed by atoms with Crippen LogP contribution in [0.4, 0.5) is 18.9 Å². The van der Waals surface area contributed by atoms with E-state index in [4.69, 9.17) is 0 Å². The first kappa shape index (κ1) is 12.2. The van der Waals surface area contributed by atoms with Crippen LogP contribution in [0.1, 0.15) is 5.56 Å². The Bertz CT molecular complexity index is 503. The maximum absolute atomic E-state index is 12.4. The highest BCUT2D eigenvalue weighted by Crippen LogP contribution is 2.31. The summed E-state index contributed by atoms with van der Waals surface area (Å²) in [5, 5.41) is 0.513. The van der Waals surface area contributed by atoms with E-state index in [9.17, 15) is 22.8 Å². The summed E-state index contributed by atoms with van der Waals surface area (Å²) < 4.78 is 37.3. The third-order valence-corrected chi connectivity index (χ3v) is 1.97. The second-order valence-electron chi connectivity index (χ2n) is 3.20. The van der Waals surface area contributed by atoms with Gasteiger partial charge in [0.05, 0.1) is 11.3 Å². The zero-order valence-electron chi connectivity index (χ0n) is 8.52. The Morgan fingerprint density at radius 3 is 2.50 bits per heavy atom. The maximum atomic E-state index is 12.4. The number of rotatable bonds is 1. The van der Waals surface area contributed by atoms with Crippen molar-refractivity contribution in [1.29, 1.82) is 0 Å². The lowest BCUT2D eigenvalue weighted by Gasteiger charge is -2.25. The lowest BCUT2D eigenvalue weighted by molar-refractivity contribution is -0.192. The second kappa shape index (κ2) is 4.18. The molecule has 1 heterocycles. The summed E-state index contributed by atoms with van der Waals surface area (Å²) in [6.45, 7) is 0. The molecule has 0 bridgehead atoms. The minimum Gasteiger partial charge on any atom is -0.338 e. The van der Waals surface area contributed by atoms with Crippen molar-refractivity contribution in [1.82, 2.24) is 5.59 Å². The van der Waals surface area contributed by atoms with Gasteiger partial charge in [0.15, 0.2) is 0 Å². The van der Waals surface area contributed by atoms with Crippen LogP contribution in [-0.2, 0) is 25.4 Å². The highest BCUT2D eigenvalue weighted by molar-refractivity contribution is 6.30. The van der Waals surface area contributed by atoms with Gasteiger partial charge in [-0.25, -0.2) is 9.59 Å². The summed E-state index contributed by atoms with van der Waals surface area (Å²) in [5.41, 5.74) is 0.785. The molecule has 1 aromatic rings. The van der Waals surface area contributed by atoms with E-state index >= 15 is 0 Å². The van der Waals surface area contributed by atoms with Gasteiger partial charge in [-0.05, 0) is 23.8 Å². The fourth-order valence-corrected chi connectivity index (χ4v) is 1.18. The predicted octanol–water partition coefficient (Wildman–Crippen LogP) is 0.946. The van der Waals surface area contributed by atoms with Crippen molar-refractivity contribution in [3.05, 3.63) is 29.8 Å². The van der Waals surface area contributed by atoms with Gasteiger partial charge in [-0.3, -0.25) is 0 Å². The van der Waals surface area contributed by atoms with E-state index < -0.39 is 23.7 Å². The van der Waals surface area contributed by atoms with Crippen molar-refractivity contribution in [2.24, 2.45) is 0 Å². The average molecular weight is 262 g/mol. The van der Waals surface area contributed by atoms with Crippen LogP contribution < -0.4 is 10.8 Å². The minimum atomic E-state index is -4.54. The number of alkyl halides is 3. The van der Waals surface area contributed by atoms with Crippen molar-refractivity contribution in [2.45, 2.75) is 6.18 Å². The molecule has 0 amide bonds. The van der Waals surface area contributed by atoms with E-state index in [1.807, 2.05) is 5.59 Å². The molecule has 0 radical (unpaired) electrons. The number of hydrogen-bond donors (Lipinski definition) is 1. The Balaban J connectivity index is 2.24. The molecule has 0 aliphatic carbocycles. The van der Waals surface area contributed by atoms with Crippen LogP contribution in [0.2, 0.25) is 0 Å². The summed E-state index contributed by atoms with van der Waals surface area (Å²) in [7, 11) is 0. The first-order valence-corrected chi connectivity index (χ1v) is 4.54. The molecule has 1 fully saturated rings. The predicted molar refractivity (Wildman–Crippen MR) is 49.2 cm³/mol. The van der Waals surface area contributed by atoms with Crippen molar-refractivity contribution in [3.63, 3.8) is 0 Å². The van der Waals surface area contributed by atoms with E-state index in [1.54, 1.807) is 0 Å². The number of carbonyl (C=O) groups excluding carboxylic acids is 2. The van der Waals surface area contributed by atoms with Crippen LogP contribution in [0.15, 0.2) is 24.3 Å². The molecule has 9 heteroatoms. The third kappa shape index (κ3) is 2.35. The molecule has 0 aromatic heterocycles. The van der Waals surface area contributed by atoms with E-state index in [1.165, 1.54) is 6.07 Å². The molecule has 1 aromatic carbocycles. The first-order valence-electron chi connectivity index (χ1n) is 4.54. The molecule has 1 aliphatic heterocycles. The van der Waals surface area contributed by atoms with E-state index in [-0.39, 0.29) is 5.69 Å². The molecule has 0 atom stereocenters. The van der Waals surface area contributed by atoms with Crippen LogP contribution in [0.3, 0.4) is 0 Å². The number of benzene rings is 1. The van der Waals surface area contributed by atoms with Crippen LogP contribution >= 0.6 is 0 Å². The molecule has 2 rings (SSSR count). The van der Waals surface area contributed by atoms with Gasteiger partial charge in [-0.15, -0.1) is 5.17 Å². The molecule has 0 saturated carbocycles. The van der Waals surface area contributed by atoms with Crippen molar-refractivity contribution >= 4 is 17.6 Å². The molecule has 6 nitrogen and oxygen atoms in total. The molecule has 0 spiro atoms. The minimum absolute atomic E-state index is 0.148. The Hall–Kier alpha value is -2.29. The molecule has 0 unspecified atom stereocenters. The zero-order chi connectivity index (χ0) is 13.3. The monoisotopic (exact) mass is 262 g/mol. The highest BCUT2D eigenvalue weighted by Gasteiger charge is 2.33. The quantitative estimate of drug-likeness (QED) is 0.760. The van der Waals surface area contributed by atoms with Gasteiger partial charge in [0.2, 0.25) is 0 Å². The van der Waals surface area contributed by atoms with Gasteiger partial charge in [-0.2, -0.15) is 13.2 Å². The smallest absolute Gasteiger partial charge is 0.338 e. The standard InChI is InChI=1S/C9H5F3N2O4/c10-9(11,12)5-2-1-3-6(4-5)14-13-17-7(15)8(16)18-14/h1-4,13H. The molecule has 1 N–H and O–H groups in total. The lowest BCUT2D eigenvalue weighted by atomic mass is 10.2. The zero-order valence-corrected chi connectivity index (χ0v) is 8.52. The van der Waals surface area contributed by atoms with E-state index in [2.05, 4.69) is 9.68 Å². The number of hydrazine groups is 1. The third-order valence-electron chi connectivity index (χ3n) is 1.97. The molecule has 96 valence electrons. The number of carbonyl (C=O) groups is 2. The SMILES string of the molecule is O=C1ONN(c2cccc(C(F)(F)F)c2)OC1=O. The van der Waals surface area contributed by atoms with Gasteiger partial charge in [0.25, 0.3) is 0 Å². The van der Waals surface area contributed by atoms with Gasteiger partial charge >= 0.3 is 18.1 Å². The van der Waals surface area contributed by atoms with E-state index in [0.717, 1.165) is 18.2 Å². The Labute approximate surface area is 97.8 Å². The molecule has 1 saturated heterocycles. The van der Waals surface area contributed by atoms with Crippen molar-refractivity contribution in [3.8, 4) is 0 Å². The molecular formula is C9H5F3N2O4. The highest BCUT2D eigenvalue weighted by atomic mass is 19.4. The Morgan fingerprint density at radius 2 is 1.89 bits per heavy atom. The fourth-order valence-electron chi connectivity index (χ4n) is 1.18. The number of nitrogens with zero attached hydrogens (tertiary/aromatic N) is 1. The van der Waals surface area contributed by atoms with Crippen LogP contribution in [0.5, 0.6) is 0 Å². The van der Waals surface area contributed by atoms with E-state index in [0.29, 0.717) is 5.17 Å². The van der Waals surface area contributed by atoms with Crippen molar-refractivity contribution in [2.75, 3.05) is 5.17 Å². The molecule has 1 aliphatic rings. The summed E-state index contributed by atoms with van der Waals surface area (Å²) in [6.07, 6.45) is -4.54. The summed E-state index contributed by atoms with van der Waals surface area (Å²) in [5.74, 6) is -2.63. The van der Waals surface area contributed by atoms with Gasteiger partial charge < -0.3 is 9.68 Å². The summed E-state index contributed by atoms with van der Waals surface area (Å²) in [4.78, 5) is 30.0. The topological polar surface area (TPSA) is 67.9 Å². The number of halogens is 3. The van der Waals surface area contributed by atoms with Gasteiger partial charge in [-0.1, -0.05) is 6.07 Å². The lowest BCUT2D eigenvalue weighted by Crippen LogP contribution is -2.49. The van der Waals surface area contributed by atoms with Crippen molar-refractivity contribution < 1.29 is 32.4 Å². The number of hydrogen-bond acceptors (Lipinski definition) is 6. The van der Waals surface area contributed by atoms with Crippen LogP contribution in [0, 0.1) is 0 Å².